The maximum absolute atomic E-state index is 12.1. The van der Waals surface area contributed by atoms with Crippen LogP contribution in [0.25, 0.3) is 0 Å². The molecular formula is C14H14ClNO2S. The first-order valence-electron chi connectivity index (χ1n) is 5.77. The van der Waals surface area contributed by atoms with Crippen molar-refractivity contribution in [1.82, 2.24) is 0 Å². The smallest absolute Gasteiger partial charge is 0.236 e. The fraction of sp³-hybridized carbons (Fsp3) is 0.143. The van der Waals surface area contributed by atoms with Gasteiger partial charge in [0.15, 0.2) is 0 Å². The van der Waals surface area contributed by atoms with Crippen molar-refractivity contribution in [1.29, 1.82) is 0 Å². The summed E-state index contributed by atoms with van der Waals surface area (Å²) in [5.74, 6) is -0.138. The zero-order valence-electron chi connectivity index (χ0n) is 10.4. The minimum absolute atomic E-state index is 0.138. The summed E-state index contributed by atoms with van der Waals surface area (Å²) in [4.78, 5) is 0. The Morgan fingerprint density at radius 2 is 1.68 bits per heavy atom. The van der Waals surface area contributed by atoms with Gasteiger partial charge in [0, 0.05) is 5.02 Å². The van der Waals surface area contributed by atoms with Crippen molar-refractivity contribution in [2.45, 2.75) is 12.7 Å². The van der Waals surface area contributed by atoms with Gasteiger partial charge in [0.05, 0.1) is 11.4 Å². The van der Waals surface area contributed by atoms with Crippen molar-refractivity contribution in [2.75, 3.05) is 4.72 Å². The maximum Gasteiger partial charge on any atom is 0.236 e. The number of benzene rings is 2. The Balaban J connectivity index is 2.21. The Bertz CT molecular complexity index is 630. The van der Waals surface area contributed by atoms with Gasteiger partial charge in [0.2, 0.25) is 10.0 Å². The maximum atomic E-state index is 12.1. The van der Waals surface area contributed by atoms with E-state index in [0.29, 0.717) is 16.3 Å². The fourth-order valence-corrected chi connectivity index (χ4v) is 3.29. The third-order valence-corrected chi connectivity index (χ3v) is 4.30. The third-order valence-electron chi connectivity index (χ3n) is 2.71. The highest BCUT2D eigenvalue weighted by molar-refractivity contribution is 7.91. The van der Waals surface area contributed by atoms with Gasteiger partial charge in [0.25, 0.3) is 0 Å². The van der Waals surface area contributed by atoms with Crippen LogP contribution in [-0.4, -0.2) is 8.42 Å². The molecule has 19 heavy (non-hydrogen) atoms. The van der Waals surface area contributed by atoms with Gasteiger partial charge in [-0.15, -0.1) is 0 Å². The summed E-state index contributed by atoms with van der Waals surface area (Å²) >= 11 is 5.97. The second kappa shape index (κ2) is 5.63. The molecule has 0 bridgehead atoms. The topological polar surface area (TPSA) is 46.2 Å². The zero-order chi connectivity index (χ0) is 13.9. The van der Waals surface area contributed by atoms with E-state index in [0.717, 1.165) is 5.56 Å². The molecule has 0 unspecified atom stereocenters. The highest BCUT2D eigenvalue weighted by Gasteiger charge is 2.14. The summed E-state index contributed by atoms with van der Waals surface area (Å²) in [5, 5.41) is 0.456. The second-order valence-corrected chi connectivity index (χ2v) is 6.40. The molecule has 0 atom stereocenters. The number of aryl methyl sites for hydroxylation is 1. The summed E-state index contributed by atoms with van der Waals surface area (Å²) in [6.45, 7) is 1.85. The molecule has 0 aliphatic carbocycles. The third kappa shape index (κ3) is 3.72. The molecule has 3 nitrogen and oxygen atoms in total. The number of sulfonamides is 1. The molecule has 2 rings (SSSR count). The van der Waals surface area contributed by atoms with Gasteiger partial charge >= 0.3 is 0 Å². The number of anilines is 1. The van der Waals surface area contributed by atoms with E-state index >= 15 is 0 Å². The number of rotatable bonds is 4. The van der Waals surface area contributed by atoms with Crippen molar-refractivity contribution in [3.8, 4) is 0 Å². The average molecular weight is 296 g/mol. The van der Waals surface area contributed by atoms with Crippen LogP contribution in [0.1, 0.15) is 11.1 Å². The van der Waals surface area contributed by atoms with E-state index in [2.05, 4.69) is 4.72 Å². The lowest BCUT2D eigenvalue weighted by Gasteiger charge is -2.11. The first kappa shape index (κ1) is 13.9. The quantitative estimate of drug-likeness (QED) is 0.937. The van der Waals surface area contributed by atoms with Gasteiger partial charge in [-0.1, -0.05) is 48.0 Å². The van der Waals surface area contributed by atoms with Crippen LogP contribution in [0.4, 0.5) is 5.69 Å². The summed E-state index contributed by atoms with van der Waals surface area (Å²) < 4.78 is 26.8. The summed E-state index contributed by atoms with van der Waals surface area (Å²) in [6, 6.07) is 14.2. The average Bonchev–Trinajstić information content (AvgIpc) is 2.35. The van der Waals surface area contributed by atoms with Gasteiger partial charge in [-0.25, -0.2) is 8.42 Å². The molecule has 1 N–H and O–H groups in total. The second-order valence-electron chi connectivity index (χ2n) is 4.27. The van der Waals surface area contributed by atoms with Crippen LogP contribution in [0.3, 0.4) is 0 Å². The molecule has 0 fully saturated rings. The monoisotopic (exact) mass is 295 g/mol. The SMILES string of the molecule is Cc1ccccc1NS(=O)(=O)Cc1ccccc1Cl. The lowest BCUT2D eigenvalue weighted by atomic mass is 10.2. The number of nitrogens with one attached hydrogen (secondary N) is 1. The van der Waals surface area contributed by atoms with Crippen molar-refractivity contribution in [3.63, 3.8) is 0 Å². The van der Waals surface area contributed by atoms with Crippen LogP contribution in [0.5, 0.6) is 0 Å². The molecule has 100 valence electrons. The van der Waals surface area contributed by atoms with E-state index in [1.165, 1.54) is 0 Å². The largest absolute Gasteiger partial charge is 0.283 e. The van der Waals surface area contributed by atoms with E-state index in [9.17, 15) is 8.42 Å². The number of halogens is 1. The number of para-hydroxylation sites is 1. The predicted octanol–water partition coefficient (Wildman–Crippen LogP) is 3.59. The van der Waals surface area contributed by atoms with Gasteiger partial charge in [0.1, 0.15) is 0 Å². The first-order valence-corrected chi connectivity index (χ1v) is 7.80. The van der Waals surface area contributed by atoms with Crippen LogP contribution in [0, 0.1) is 6.92 Å². The van der Waals surface area contributed by atoms with Gasteiger partial charge in [-0.2, -0.15) is 0 Å². The molecule has 0 aromatic heterocycles. The Morgan fingerprint density at radius 3 is 2.37 bits per heavy atom. The van der Waals surface area contributed by atoms with Crippen LogP contribution >= 0.6 is 11.6 Å². The lowest BCUT2D eigenvalue weighted by molar-refractivity contribution is 0.600. The molecule has 0 heterocycles. The summed E-state index contributed by atoms with van der Waals surface area (Å²) in [5.41, 5.74) is 2.06. The highest BCUT2D eigenvalue weighted by Crippen LogP contribution is 2.20. The van der Waals surface area contributed by atoms with E-state index in [1.54, 1.807) is 36.4 Å². The highest BCUT2D eigenvalue weighted by atomic mass is 35.5. The molecule has 0 spiro atoms. The van der Waals surface area contributed by atoms with Crippen molar-refractivity contribution in [2.24, 2.45) is 0 Å². The van der Waals surface area contributed by atoms with E-state index in [4.69, 9.17) is 11.6 Å². The van der Waals surface area contributed by atoms with Crippen molar-refractivity contribution >= 4 is 27.3 Å². The van der Waals surface area contributed by atoms with Crippen molar-refractivity contribution < 1.29 is 8.42 Å². The van der Waals surface area contributed by atoms with Crippen LogP contribution in [0.2, 0.25) is 5.02 Å². The minimum atomic E-state index is -3.47. The lowest BCUT2D eigenvalue weighted by Crippen LogP contribution is -2.15. The molecule has 0 amide bonds. The molecule has 0 aliphatic rings. The van der Waals surface area contributed by atoms with Gasteiger partial charge in [-0.05, 0) is 30.2 Å². The predicted molar refractivity (Wildman–Crippen MR) is 78.9 cm³/mol. The Morgan fingerprint density at radius 1 is 1.05 bits per heavy atom. The first-order chi connectivity index (χ1) is 8.98. The normalized spacial score (nSPS) is 11.3. The molecule has 2 aromatic carbocycles. The van der Waals surface area contributed by atoms with E-state index in [1.807, 2.05) is 19.1 Å². The molecular weight excluding hydrogens is 282 g/mol. The molecule has 0 radical (unpaired) electrons. The number of hydrogen-bond acceptors (Lipinski definition) is 2. The molecule has 5 heteroatoms. The molecule has 2 aromatic rings. The van der Waals surface area contributed by atoms with Gasteiger partial charge < -0.3 is 0 Å². The standard InChI is InChI=1S/C14H14ClNO2S/c1-11-6-2-5-9-14(11)16-19(17,18)10-12-7-3-4-8-13(12)15/h2-9,16H,10H2,1H3. The van der Waals surface area contributed by atoms with Gasteiger partial charge in [-0.3, -0.25) is 4.72 Å². The van der Waals surface area contributed by atoms with Crippen molar-refractivity contribution in [3.05, 3.63) is 64.7 Å². The summed E-state index contributed by atoms with van der Waals surface area (Å²) in [7, 11) is -3.47. The Hall–Kier alpha value is -1.52. The van der Waals surface area contributed by atoms with Crippen LogP contribution in [0.15, 0.2) is 48.5 Å². The molecule has 0 saturated carbocycles. The van der Waals surface area contributed by atoms with E-state index in [-0.39, 0.29) is 5.75 Å². The summed E-state index contributed by atoms with van der Waals surface area (Å²) in [6.07, 6.45) is 0. The number of hydrogen-bond donors (Lipinski definition) is 1. The molecule has 0 saturated heterocycles. The Kier molecular flexibility index (Phi) is 4.12. The van der Waals surface area contributed by atoms with Crippen LogP contribution in [-0.2, 0) is 15.8 Å². The zero-order valence-corrected chi connectivity index (χ0v) is 12.0. The van der Waals surface area contributed by atoms with Crippen LogP contribution < -0.4 is 4.72 Å². The fourth-order valence-electron chi connectivity index (χ4n) is 1.71. The molecule has 0 aliphatic heterocycles. The Labute approximate surface area is 118 Å². The van der Waals surface area contributed by atoms with E-state index < -0.39 is 10.0 Å². The minimum Gasteiger partial charge on any atom is -0.283 e.